The zero-order valence-corrected chi connectivity index (χ0v) is 12.3. The Morgan fingerprint density at radius 2 is 2.05 bits per heavy atom. The van der Waals surface area contributed by atoms with Crippen molar-refractivity contribution in [3.05, 3.63) is 12.5 Å². The van der Waals surface area contributed by atoms with Gasteiger partial charge in [0.05, 0.1) is 11.6 Å². The van der Waals surface area contributed by atoms with E-state index >= 15 is 0 Å². The van der Waals surface area contributed by atoms with Gasteiger partial charge in [0.2, 0.25) is 0 Å². The number of nitrogens with one attached hydrogen (secondary N) is 1. The van der Waals surface area contributed by atoms with Gasteiger partial charge in [-0.3, -0.25) is 4.68 Å². The Kier molecular flexibility index (Phi) is 3.71. The first-order chi connectivity index (χ1) is 8.89. The van der Waals surface area contributed by atoms with Gasteiger partial charge < -0.3 is 10.2 Å². The van der Waals surface area contributed by atoms with Gasteiger partial charge >= 0.3 is 0 Å². The first kappa shape index (κ1) is 13.7. The lowest BCUT2D eigenvalue weighted by Gasteiger charge is -2.28. The number of rotatable bonds is 5. The molecule has 0 radical (unpaired) electrons. The summed E-state index contributed by atoms with van der Waals surface area (Å²) in [6.07, 6.45) is 3.38. The molecule has 0 aromatic carbocycles. The Balaban J connectivity index is 2.14. The van der Waals surface area contributed by atoms with Crippen molar-refractivity contribution in [2.24, 2.45) is 12.5 Å². The predicted molar refractivity (Wildman–Crippen MR) is 77.1 cm³/mol. The Hall–Kier alpha value is -1.69. The SMILES string of the molecule is CN(C)CC(C)(C)CNc1ncnc2c1cnn2C. The molecule has 1 N–H and O–H groups in total. The molecule has 0 spiro atoms. The minimum absolute atomic E-state index is 0.170. The number of nitrogens with zero attached hydrogens (tertiary/aromatic N) is 5. The van der Waals surface area contributed by atoms with Crippen LogP contribution in [0.3, 0.4) is 0 Å². The fourth-order valence-electron chi connectivity index (χ4n) is 2.34. The van der Waals surface area contributed by atoms with Crippen molar-refractivity contribution < 1.29 is 0 Å². The highest BCUT2D eigenvalue weighted by Crippen LogP contribution is 2.21. The van der Waals surface area contributed by atoms with Gasteiger partial charge in [-0.05, 0) is 19.5 Å². The second-order valence-corrected chi connectivity index (χ2v) is 5.98. The van der Waals surface area contributed by atoms with Crippen molar-refractivity contribution >= 4 is 16.9 Å². The average Bonchev–Trinajstić information content (AvgIpc) is 2.68. The maximum atomic E-state index is 4.31. The van der Waals surface area contributed by atoms with E-state index in [0.717, 1.165) is 29.9 Å². The van der Waals surface area contributed by atoms with E-state index in [2.05, 4.69) is 53.2 Å². The van der Waals surface area contributed by atoms with Crippen molar-refractivity contribution in [3.63, 3.8) is 0 Å². The van der Waals surface area contributed by atoms with Gasteiger partial charge in [-0.2, -0.15) is 5.10 Å². The highest BCUT2D eigenvalue weighted by molar-refractivity contribution is 5.85. The number of hydrogen-bond donors (Lipinski definition) is 1. The van der Waals surface area contributed by atoms with E-state index in [-0.39, 0.29) is 5.41 Å². The van der Waals surface area contributed by atoms with Crippen LogP contribution < -0.4 is 5.32 Å². The van der Waals surface area contributed by atoms with Crippen LogP contribution in [0.1, 0.15) is 13.8 Å². The number of aryl methyl sites for hydroxylation is 1. The van der Waals surface area contributed by atoms with Crippen LogP contribution in [0.5, 0.6) is 0 Å². The number of hydrogen-bond acceptors (Lipinski definition) is 5. The van der Waals surface area contributed by atoms with E-state index in [1.807, 2.05) is 7.05 Å². The molecule has 2 heterocycles. The second-order valence-electron chi connectivity index (χ2n) is 5.98. The van der Waals surface area contributed by atoms with E-state index in [0.29, 0.717) is 0 Å². The van der Waals surface area contributed by atoms with Crippen LogP contribution in [0.25, 0.3) is 11.0 Å². The van der Waals surface area contributed by atoms with Crippen LogP contribution in [0.4, 0.5) is 5.82 Å². The molecule has 6 heteroatoms. The normalized spacial score (nSPS) is 12.3. The monoisotopic (exact) mass is 262 g/mol. The van der Waals surface area contributed by atoms with Gasteiger partial charge in [0.1, 0.15) is 12.1 Å². The molecule has 2 aromatic heterocycles. The standard InChI is InChI=1S/C13H22N6/c1-13(2,8-18(3)4)7-14-11-10-6-17-19(5)12(10)16-9-15-11/h6,9H,7-8H2,1-5H3,(H,14,15,16). The topological polar surface area (TPSA) is 58.9 Å². The second kappa shape index (κ2) is 5.13. The number of anilines is 1. The first-order valence-electron chi connectivity index (χ1n) is 6.40. The summed E-state index contributed by atoms with van der Waals surface area (Å²) in [5, 5.41) is 8.59. The van der Waals surface area contributed by atoms with Gasteiger partial charge in [0.15, 0.2) is 5.65 Å². The molecule has 0 atom stereocenters. The van der Waals surface area contributed by atoms with Gasteiger partial charge in [-0.15, -0.1) is 0 Å². The summed E-state index contributed by atoms with van der Waals surface area (Å²) in [5.41, 5.74) is 1.02. The molecular weight excluding hydrogens is 240 g/mol. The van der Waals surface area contributed by atoms with Gasteiger partial charge in [0, 0.05) is 20.1 Å². The fraction of sp³-hybridized carbons (Fsp3) is 0.615. The van der Waals surface area contributed by atoms with Crippen molar-refractivity contribution in [1.29, 1.82) is 0 Å². The third-order valence-electron chi connectivity index (χ3n) is 3.01. The fourth-order valence-corrected chi connectivity index (χ4v) is 2.34. The number of aromatic nitrogens is 4. The van der Waals surface area contributed by atoms with Crippen molar-refractivity contribution in [1.82, 2.24) is 24.6 Å². The summed E-state index contributed by atoms with van der Waals surface area (Å²) in [6.45, 7) is 6.34. The van der Waals surface area contributed by atoms with E-state index in [4.69, 9.17) is 0 Å². The van der Waals surface area contributed by atoms with Crippen LogP contribution in [-0.2, 0) is 7.05 Å². The van der Waals surface area contributed by atoms with Crippen molar-refractivity contribution in [3.8, 4) is 0 Å². The summed E-state index contributed by atoms with van der Waals surface area (Å²) < 4.78 is 1.76. The van der Waals surface area contributed by atoms with E-state index < -0.39 is 0 Å². The molecule has 0 aliphatic carbocycles. The predicted octanol–water partition coefficient (Wildman–Crippen LogP) is 1.36. The molecule has 0 unspecified atom stereocenters. The molecular formula is C13H22N6. The minimum Gasteiger partial charge on any atom is -0.369 e. The smallest absolute Gasteiger partial charge is 0.163 e. The Labute approximate surface area is 113 Å². The van der Waals surface area contributed by atoms with E-state index in [1.165, 1.54) is 0 Å². The number of fused-ring (bicyclic) bond motifs is 1. The van der Waals surface area contributed by atoms with E-state index in [1.54, 1.807) is 17.2 Å². The Morgan fingerprint density at radius 3 is 2.74 bits per heavy atom. The third-order valence-corrected chi connectivity index (χ3v) is 3.01. The molecule has 0 fully saturated rings. The van der Waals surface area contributed by atoms with Crippen LogP contribution in [0.2, 0.25) is 0 Å². The summed E-state index contributed by atoms with van der Waals surface area (Å²) >= 11 is 0. The molecule has 2 rings (SSSR count). The maximum absolute atomic E-state index is 4.31. The van der Waals surface area contributed by atoms with Crippen LogP contribution >= 0.6 is 0 Å². The van der Waals surface area contributed by atoms with Crippen LogP contribution in [0.15, 0.2) is 12.5 Å². The lowest BCUT2D eigenvalue weighted by Crippen LogP contribution is -2.34. The zero-order valence-electron chi connectivity index (χ0n) is 12.3. The lowest BCUT2D eigenvalue weighted by molar-refractivity contribution is 0.254. The van der Waals surface area contributed by atoms with Gasteiger partial charge in [-0.1, -0.05) is 13.8 Å². The molecule has 0 aliphatic rings. The third kappa shape index (κ3) is 3.20. The Morgan fingerprint density at radius 1 is 1.32 bits per heavy atom. The average molecular weight is 262 g/mol. The molecule has 0 amide bonds. The van der Waals surface area contributed by atoms with E-state index in [9.17, 15) is 0 Å². The molecule has 0 saturated heterocycles. The molecule has 2 aromatic rings. The Bertz CT molecular complexity index is 557. The lowest BCUT2D eigenvalue weighted by atomic mass is 9.93. The molecule has 104 valence electrons. The summed E-state index contributed by atoms with van der Waals surface area (Å²) in [5.74, 6) is 0.852. The van der Waals surface area contributed by atoms with Crippen LogP contribution in [-0.4, -0.2) is 51.8 Å². The maximum Gasteiger partial charge on any atom is 0.163 e. The summed E-state index contributed by atoms with van der Waals surface area (Å²) in [4.78, 5) is 10.7. The summed E-state index contributed by atoms with van der Waals surface area (Å²) in [6, 6.07) is 0. The van der Waals surface area contributed by atoms with Crippen LogP contribution in [0, 0.1) is 5.41 Å². The molecule has 6 nitrogen and oxygen atoms in total. The minimum atomic E-state index is 0.170. The van der Waals surface area contributed by atoms with Gasteiger partial charge in [0.25, 0.3) is 0 Å². The highest BCUT2D eigenvalue weighted by Gasteiger charge is 2.19. The van der Waals surface area contributed by atoms with Crippen molar-refractivity contribution in [2.75, 3.05) is 32.5 Å². The highest BCUT2D eigenvalue weighted by atomic mass is 15.3. The summed E-state index contributed by atoms with van der Waals surface area (Å²) in [7, 11) is 6.06. The zero-order chi connectivity index (χ0) is 14.0. The molecule has 19 heavy (non-hydrogen) atoms. The van der Waals surface area contributed by atoms with Gasteiger partial charge in [-0.25, -0.2) is 9.97 Å². The quantitative estimate of drug-likeness (QED) is 0.881. The van der Waals surface area contributed by atoms with Crippen molar-refractivity contribution in [2.45, 2.75) is 13.8 Å². The molecule has 0 saturated carbocycles. The first-order valence-corrected chi connectivity index (χ1v) is 6.40. The molecule has 0 aliphatic heterocycles. The molecule has 0 bridgehead atoms. The largest absolute Gasteiger partial charge is 0.369 e.